The number of phosphoric acid groups is 1. The van der Waals surface area contributed by atoms with Crippen molar-refractivity contribution in [1.29, 1.82) is 0 Å². The van der Waals surface area contributed by atoms with Crippen LogP contribution in [0, 0.1) is 0 Å². The molecule has 10 aliphatic heterocycles. The number of nitrogens with two attached hydrogens (primary N) is 2. The van der Waals surface area contributed by atoms with Crippen molar-refractivity contribution >= 4 is 37.5 Å². The molecule has 10 saturated heterocycles. The maximum atomic E-state index is 14.5. The molecule has 0 aromatic heterocycles. The van der Waals surface area contributed by atoms with E-state index in [4.69, 9.17) is 106 Å². The smallest absolute Gasteiger partial charge is 0.470 e. The summed E-state index contributed by atoms with van der Waals surface area (Å²) >= 11 is 0. The van der Waals surface area contributed by atoms with Crippen LogP contribution in [-0.4, -0.2) is 564 Å². The number of hydrogen-bond acceptors (Lipinski definition) is 55. The highest BCUT2D eigenvalue weighted by atomic mass is 31.2. The number of carboxylic acids is 3. The highest BCUT2D eigenvalue weighted by Gasteiger charge is 2.66. The van der Waals surface area contributed by atoms with Crippen LogP contribution in [-0.2, 0) is 123 Å². The Morgan fingerprint density at radius 3 is 1.31 bits per heavy atom. The largest absolute Gasteiger partial charge is 0.477 e. The summed E-state index contributed by atoms with van der Waals surface area (Å²) in [5, 5.41) is 337. The molecule has 0 aromatic carbocycles. The molecule has 770 valence electrons. The number of aliphatic carboxylic acids is 3. The van der Waals surface area contributed by atoms with E-state index in [1.165, 1.54) is 0 Å². The van der Waals surface area contributed by atoms with E-state index < -0.39 is 428 Å². The number of aliphatic hydroxyl groups excluding tert-OH is 27. The zero-order chi connectivity index (χ0) is 98.8. The SMILES string of the molecule is CC(=O)N[C@H]1[C@@H](O[C@H]2[C@@H](O)[C@@H](CO)O[C@@H](OC[C@H]3O[C@H](O[C@H]4[C@@H]([C@H](O)CO)O[C@@](OC[C@@H](O)[C@H]5O[C@@](OC[C@H]6O[C@@H](OC[C@H]7O[C@H](O)[C@H](N)[C@@H](O)[C@@H]7O)[C@H](N)[C@@H](O)[C@@H]6OP(=O)(O)O)(C(=O)O)C[C@@H](O[C@]6(C(=O)O)C[C@@H](O)[C@@H](O)[C@@H]([C@H](O)CO)O6)[C@H]5O[C@H]5O[C@H](CO[C@@H]6O[C@H](CO)[C@@H](O)[C@H](O)[C@H]6O)[C@@H](O)[C@H](O)[C@H]5O)(C(=O)O)C[C@H]4O)[C@H](O)[C@@H](O)[C@@H]3O)[C@@H]2NC(C)=O)O[C@H](CO)[C@H](O)[C@@H]1O. The summed E-state index contributed by atoms with van der Waals surface area (Å²) in [5.74, 6) is -20.5. The van der Waals surface area contributed by atoms with E-state index in [1.54, 1.807) is 0 Å². The number of carbonyl (C=O) groups is 5. The average molecular weight is 1970 g/mol. The zero-order valence-electron chi connectivity index (χ0n) is 69.9. The fourth-order valence-corrected chi connectivity index (χ4v) is 17.1. The van der Waals surface area contributed by atoms with Crippen LogP contribution in [0.5, 0.6) is 0 Å². The van der Waals surface area contributed by atoms with E-state index in [2.05, 4.69) is 10.6 Å². The Balaban J connectivity index is 0.996. The second-order valence-electron chi connectivity index (χ2n) is 33.2. The van der Waals surface area contributed by atoms with Crippen LogP contribution in [0.3, 0.4) is 0 Å². The normalized spacial score (nSPS) is 47.5. The van der Waals surface area contributed by atoms with Crippen LogP contribution in [0.15, 0.2) is 0 Å². The highest BCUT2D eigenvalue weighted by molar-refractivity contribution is 7.46. The minimum absolute atomic E-state index is 0.833. The van der Waals surface area contributed by atoms with Crippen LogP contribution in [0.1, 0.15) is 33.1 Å². The molecule has 0 spiro atoms. The molecule has 0 saturated carbocycles. The average Bonchev–Trinajstić information content (AvgIpc) is 0.740. The molecule has 63 heteroatoms. The molecule has 0 unspecified atom stereocenters. The summed E-state index contributed by atoms with van der Waals surface area (Å²) in [6.07, 6.45) is -104. The van der Waals surface area contributed by atoms with Crippen molar-refractivity contribution < 1.29 is 286 Å². The van der Waals surface area contributed by atoms with Gasteiger partial charge in [-0.25, -0.2) is 18.9 Å². The monoisotopic (exact) mass is 1970 g/mol. The predicted octanol–water partition coefficient (Wildman–Crippen LogP) is -22.9. The van der Waals surface area contributed by atoms with Crippen molar-refractivity contribution in [2.24, 2.45) is 11.5 Å². The van der Waals surface area contributed by atoms with Gasteiger partial charge in [-0.1, -0.05) is 0 Å². The Hall–Kier alpha value is -4.46. The number of carbonyl (C=O) groups excluding carboxylic acids is 2. The van der Waals surface area contributed by atoms with E-state index in [0.717, 1.165) is 13.8 Å². The van der Waals surface area contributed by atoms with Gasteiger partial charge in [-0.15, -0.1) is 0 Å². The van der Waals surface area contributed by atoms with Crippen molar-refractivity contribution in [3.8, 4) is 0 Å². The lowest BCUT2D eigenvalue weighted by molar-refractivity contribution is -0.402. The van der Waals surface area contributed by atoms with E-state index in [-0.39, 0.29) is 0 Å². The Kier molecular flexibility index (Phi) is 38.3. The molecule has 0 radical (unpaired) electrons. The molecule has 10 rings (SSSR count). The molecule has 133 heavy (non-hydrogen) atoms. The Labute approximate surface area is 748 Å². The first kappa shape index (κ1) is 111. The molecule has 10 fully saturated rings. The van der Waals surface area contributed by atoms with Crippen LogP contribution in [0.25, 0.3) is 0 Å². The number of aliphatic hydroxyl groups is 27. The molecule has 50 atom stereocenters. The van der Waals surface area contributed by atoms with Crippen LogP contribution in [0.4, 0.5) is 0 Å². The van der Waals surface area contributed by atoms with Gasteiger partial charge in [-0.2, -0.15) is 0 Å². The van der Waals surface area contributed by atoms with Gasteiger partial charge in [-0.05, 0) is 0 Å². The molecule has 10 aliphatic rings. The third-order valence-corrected chi connectivity index (χ3v) is 24.4. The fraction of sp³-hybridized carbons (Fsp3) is 0.929. The third kappa shape index (κ3) is 24.5. The molecular formula is C70H117N4O58P. The van der Waals surface area contributed by atoms with Crippen molar-refractivity contribution in [3.63, 3.8) is 0 Å². The van der Waals surface area contributed by atoms with Gasteiger partial charge in [0.2, 0.25) is 11.8 Å². The second-order valence-corrected chi connectivity index (χ2v) is 34.4. The minimum Gasteiger partial charge on any atom is -0.477 e. The highest BCUT2D eigenvalue weighted by Crippen LogP contribution is 2.47. The second kappa shape index (κ2) is 46.1. The van der Waals surface area contributed by atoms with Crippen molar-refractivity contribution in [2.45, 2.75) is 338 Å². The lowest BCUT2D eigenvalue weighted by Gasteiger charge is -2.52. The summed E-state index contributed by atoms with van der Waals surface area (Å²) in [7, 11) is -5.96. The summed E-state index contributed by atoms with van der Waals surface area (Å²) in [6.45, 7) is -11.0. The van der Waals surface area contributed by atoms with Gasteiger partial charge in [-0.3, -0.25) is 14.1 Å². The van der Waals surface area contributed by atoms with Gasteiger partial charge in [0, 0.05) is 33.1 Å². The van der Waals surface area contributed by atoms with E-state index in [0.29, 0.717) is 0 Å². The number of ether oxygens (including phenoxy) is 19. The molecular weight excluding hydrogens is 1860 g/mol. The van der Waals surface area contributed by atoms with Crippen LogP contribution in [0.2, 0.25) is 0 Å². The molecule has 0 aromatic rings. The number of carboxylic acid groups (broad SMARTS) is 3. The van der Waals surface area contributed by atoms with E-state index in [1.807, 2.05) is 0 Å². The topological polar surface area (TPSA) is 1010 Å². The summed E-state index contributed by atoms with van der Waals surface area (Å²) in [4.78, 5) is 88.0. The minimum atomic E-state index is -5.96. The first-order valence-electron chi connectivity index (χ1n) is 41.2. The molecule has 10 heterocycles. The summed E-state index contributed by atoms with van der Waals surface area (Å²) in [6, 6.07) is -7.17. The molecule has 38 N–H and O–H groups in total. The summed E-state index contributed by atoms with van der Waals surface area (Å²) in [5.41, 5.74) is 11.9. The lowest BCUT2D eigenvalue weighted by Crippen LogP contribution is -2.70. The number of nitrogens with one attached hydrogen (secondary N) is 2. The number of amides is 2. The Bertz CT molecular complexity index is 3810. The van der Waals surface area contributed by atoms with Crippen molar-refractivity contribution in [1.82, 2.24) is 10.6 Å². The van der Waals surface area contributed by atoms with Gasteiger partial charge in [0.25, 0.3) is 17.4 Å². The summed E-state index contributed by atoms with van der Waals surface area (Å²) < 4.78 is 127. The van der Waals surface area contributed by atoms with Crippen molar-refractivity contribution in [3.05, 3.63) is 0 Å². The number of rotatable bonds is 38. The van der Waals surface area contributed by atoms with Crippen molar-refractivity contribution in [2.75, 3.05) is 66.1 Å². The van der Waals surface area contributed by atoms with Crippen LogP contribution < -0.4 is 22.1 Å². The third-order valence-electron chi connectivity index (χ3n) is 23.9. The first-order valence-corrected chi connectivity index (χ1v) is 42.7. The maximum Gasteiger partial charge on any atom is 0.470 e. The Morgan fingerprint density at radius 1 is 0.383 bits per heavy atom. The quantitative estimate of drug-likeness (QED) is 0.0255. The molecule has 2 amide bonds. The fourth-order valence-electron chi connectivity index (χ4n) is 16.5. The van der Waals surface area contributed by atoms with E-state index >= 15 is 0 Å². The lowest BCUT2D eigenvalue weighted by atomic mass is 9.89. The maximum absolute atomic E-state index is 14.5. The van der Waals surface area contributed by atoms with E-state index in [9.17, 15) is 192 Å². The van der Waals surface area contributed by atoms with Gasteiger partial charge in [0.15, 0.2) is 44.0 Å². The first-order chi connectivity index (χ1) is 62.3. The van der Waals surface area contributed by atoms with Crippen LogP contribution >= 0.6 is 7.82 Å². The number of hydrogen-bond donors (Lipinski definition) is 36. The van der Waals surface area contributed by atoms with Gasteiger partial charge < -0.3 is 275 Å². The molecule has 0 bridgehead atoms. The predicted molar refractivity (Wildman–Crippen MR) is 401 cm³/mol. The van der Waals surface area contributed by atoms with Gasteiger partial charge in [0.05, 0.1) is 96.5 Å². The number of phosphoric ester groups is 1. The van der Waals surface area contributed by atoms with Gasteiger partial charge in [0.1, 0.15) is 214 Å². The van der Waals surface area contributed by atoms with Gasteiger partial charge >= 0.3 is 25.7 Å². The molecule has 62 nitrogen and oxygen atoms in total. The Morgan fingerprint density at radius 2 is 0.789 bits per heavy atom. The zero-order valence-corrected chi connectivity index (χ0v) is 70.7. The standard InChI is InChI=1S/C70H117N4O58P/c1-16(80)73-33-44(96)36(88)24(8-77)120-61(33)127-57-34(74-17(2)81)60(119-26(10-79)41(57)93)114-13-28-39(91)46(98)49(101)63(122-28)125-52-19(83)4-68(65(104)105,130-53(52)21(85)7-76)116-11-22(86)54-56(126-64-50(102)47(99)40(92)29(123-64)14-115-62-48(100)45(97)37(89)25(9-78)121-62)23(128-70(67(108)109)3-18(82)35(87)51(129-70)20(84)6-75)5-69(131-54,66(106)107)117-15-30-55(132-133(110,111)112)43(95)32(72)59(124-30)113-12-27-38(90)42(94)31(71)58(103)118-27/h18-64,75-79,82-103H,3-15,71-72H2,1-2H3,(H,73,80)(H,74,81)(H,104,105)(H,106,107)(H,108,109)(H2,110,111,112)/t18-,19-,20-,21-,22-,23-,24-,25-,26-,27-,28-,29-,30-,31-,32-,33-,34-,35-,36+,37-,38-,39-,40-,41+,42-,43-,44-,45+,46+,47+,48-,49-,50-,51-,52-,53-,54-,55-,56-,57-,58+,59-,60-,61-,62-,63-,64-,68-,69-,70-/m1/s1. The molecule has 0 aliphatic carbocycles.